The van der Waals surface area contributed by atoms with Gasteiger partial charge in [0, 0.05) is 18.3 Å². The number of rotatable bonds is 6. The number of pyridine rings is 1. The molecule has 0 amide bonds. The summed E-state index contributed by atoms with van der Waals surface area (Å²) in [5, 5.41) is 18.8. The fraction of sp³-hybridized carbons (Fsp3) is 0.273. The van der Waals surface area contributed by atoms with E-state index in [-0.39, 0.29) is 5.82 Å². The van der Waals surface area contributed by atoms with Crippen LogP contribution >= 0.6 is 0 Å². The van der Waals surface area contributed by atoms with E-state index >= 15 is 0 Å². The van der Waals surface area contributed by atoms with E-state index in [4.69, 9.17) is 5.26 Å². The van der Waals surface area contributed by atoms with Crippen LogP contribution in [0.1, 0.15) is 18.5 Å². The molecule has 30 heavy (non-hydrogen) atoms. The van der Waals surface area contributed by atoms with Crippen LogP contribution in [0.25, 0.3) is 11.1 Å². The normalized spacial score (nSPS) is 14.1. The third-order valence-electron chi connectivity index (χ3n) is 5.08. The lowest BCUT2D eigenvalue weighted by Crippen LogP contribution is -2.31. The molecule has 3 aromatic rings. The Morgan fingerprint density at radius 3 is 2.73 bits per heavy atom. The molecule has 0 spiro atoms. The first-order valence-corrected chi connectivity index (χ1v) is 9.92. The summed E-state index contributed by atoms with van der Waals surface area (Å²) < 4.78 is 13.8. The fourth-order valence-electron chi connectivity index (χ4n) is 3.43. The minimum Gasteiger partial charge on any atom is -0.369 e. The molecule has 1 aliphatic heterocycles. The molecular formula is C22H22FN7. The minimum atomic E-state index is -0.303. The van der Waals surface area contributed by atoms with Crippen molar-refractivity contribution in [1.82, 2.24) is 20.3 Å². The van der Waals surface area contributed by atoms with Crippen molar-refractivity contribution in [3.63, 3.8) is 0 Å². The van der Waals surface area contributed by atoms with Crippen LogP contribution in [0, 0.1) is 23.1 Å². The Hall–Kier alpha value is -3.57. The predicted molar refractivity (Wildman–Crippen MR) is 114 cm³/mol. The van der Waals surface area contributed by atoms with Gasteiger partial charge in [-0.3, -0.25) is 0 Å². The summed E-state index contributed by atoms with van der Waals surface area (Å²) in [5.41, 5.74) is 2.48. The predicted octanol–water partition coefficient (Wildman–Crippen LogP) is 3.70. The standard InChI is InChI=1S/C22H22FN7/c23-17-3-1-2-16(10-17)20-14-28-22(29-19-5-4-18(11-24)26-13-19)30-21(20)27-12-15-6-8-25-9-7-15/h1-5,10,13-15,25H,6-9,12H2,(H2,27,28,29,30). The number of benzene rings is 1. The lowest BCUT2D eigenvalue weighted by Gasteiger charge is -2.23. The van der Waals surface area contributed by atoms with Crippen LogP contribution in [-0.2, 0) is 0 Å². The Bertz CT molecular complexity index is 1040. The Morgan fingerprint density at radius 1 is 1.13 bits per heavy atom. The molecule has 0 radical (unpaired) electrons. The first-order chi connectivity index (χ1) is 14.7. The molecule has 1 saturated heterocycles. The van der Waals surface area contributed by atoms with Gasteiger partial charge in [-0.15, -0.1) is 0 Å². The van der Waals surface area contributed by atoms with E-state index in [0.29, 0.717) is 29.1 Å². The quantitative estimate of drug-likeness (QED) is 0.577. The van der Waals surface area contributed by atoms with Gasteiger partial charge in [0.1, 0.15) is 23.4 Å². The molecule has 2 aromatic heterocycles. The summed E-state index contributed by atoms with van der Waals surface area (Å²) in [4.78, 5) is 13.1. The van der Waals surface area contributed by atoms with Gasteiger partial charge < -0.3 is 16.0 Å². The van der Waals surface area contributed by atoms with Crippen molar-refractivity contribution in [1.29, 1.82) is 5.26 Å². The van der Waals surface area contributed by atoms with E-state index in [1.165, 1.54) is 12.1 Å². The summed E-state index contributed by atoms with van der Waals surface area (Å²) in [6.45, 7) is 2.83. The van der Waals surface area contributed by atoms with Gasteiger partial charge in [-0.05, 0) is 61.7 Å². The molecule has 1 aromatic carbocycles. The highest BCUT2D eigenvalue weighted by atomic mass is 19.1. The van der Waals surface area contributed by atoms with Gasteiger partial charge in [-0.1, -0.05) is 12.1 Å². The number of piperidine rings is 1. The van der Waals surface area contributed by atoms with Gasteiger partial charge in [-0.25, -0.2) is 14.4 Å². The van der Waals surface area contributed by atoms with Crippen molar-refractivity contribution >= 4 is 17.5 Å². The molecule has 3 N–H and O–H groups in total. The summed E-state index contributed by atoms with van der Waals surface area (Å²) >= 11 is 0. The van der Waals surface area contributed by atoms with Crippen molar-refractivity contribution in [3.05, 3.63) is 60.3 Å². The second kappa shape index (κ2) is 9.29. The number of anilines is 3. The number of halogens is 1. The molecule has 0 bridgehead atoms. The lowest BCUT2D eigenvalue weighted by atomic mass is 9.98. The van der Waals surface area contributed by atoms with Crippen molar-refractivity contribution in [2.75, 3.05) is 30.3 Å². The number of nitriles is 1. The van der Waals surface area contributed by atoms with E-state index in [2.05, 4.69) is 30.9 Å². The zero-order chi connectivity index (χ0) is 20.8. The number of nitrogens with one attached hydrogen (secondary N) is 3. The van der Waals surface area contributed by atoms with Crippen LogP contribution in [0.3, 0.4) is 0 Å². The number of aromatic nitrogens is 3. The van der Waals surface area contributed by atoms with Gasteiger partial charge in [0.25, 0.3) is 0 Å². The maximum Gasteiger partial charge on any atom is 0.229 e. The monoisotopic (exact) mass is 403 g/mol. The van der Waals surface area contributed by atoms with Crippen LogP contribution < -0.4 is 16.0 Å². The van der Waals surface area contributed by atoms with Gasteiger partial charge >= 0.3 is 0 Å². The maximum absolute atomic E-state index is 13.8. The Morgan fingerprint density at radius 2 is 2.00 bits per heavy atom. The lowest BCUT2D eigenvalue weighted by molar-refractivity contribution is 0.389. The number of nitrogens with zero attached hydrogens (tertiary/aromatic N) is 4. The molecule has 1 aliphatic rings. The molecule has 152 valence electrons. The average Bonchev–Trinajstić information content (AvgIpc) is 2.79. The maximum atomic E-state index is 13.8. The van der Waals surface area contributed by atoms with E-state index in [9.17, 15) is 4.39 Å². The van der Waals surface area contributed by atoms with Crippen LogP contribution in [0.15, 0.2) is 48.8 Å². The van der Waals surface area contributed by atoms with Crippen molar-refractivity contribution in [3.8, 4) is 17.2 Å². The Labute approximate surface area is 174 Å². The summed E-state index contributed by atoms with van der Waals surface area (Å²) in [6.07, 6.45) is 5.46. The Balaban J connectivity index is 1.59. The molecular weight excluding hydrogens is 381 g/mol. The van der Waals surface area contributed by atoms with Gasteiger partial charge in [0.15, 0.2) is 0 Å². The zero-order valence-corrected chi connectivity index (χ0v) is 16.4. The number of hydrogen-bond donors (Lipinski definition) is 3. The topological polar surface area (TPSA) is 98.5 Å². The van der Waals surface area contributed by atoms with Crippen LogP contribution in [0.4, 0.5) is 21.8 Å². The molecule has 4 rings (SSSR count). The second-order valence-corrected chi connectivity index (χ2v) is 7.21. The molecule has 0 aliphatic carbocycles. The first-order valence-electron chi connectivity index (χ1n) is 9.92. The van der Waals surface area contributed by atoms with Crippen LogP contribution in [-0.4, -0.2) is 34.6 Å². The Kier molecular flexibility index (Phi) is 6.11. The molecule has 3 heterocycles. The molecule has 1 fully saturated rings. The van der Waals surface area contributed by atoms with E-state index in [1.807, 2.05) is 12.1 Å². The zero-order valence-electron chi connectivity index (χ0n) is 16.4. The summed E-state index contributed by atoms with van der Waals surface area (Å²) in [6, 6.07) is 11.8. The highest BCUT2D eigenvalue weighted by molar-refractivity contribution is 5.75. The largest absolute Gasteiger partial charge is 0.369 e. The number of hydrogen-bond acceptors (Lipinski definition) is 7. The van der Waals surface area contributed by atoms with E-state index in [0.717, 1.165) is 43.6 Å². The van der Waals surface area contributed by atoms with E-state index < -0.39 is 0 Å². The highest BCUT2D eigenvalue weighted by Crippen LogP contribution is 2.28. The summed E-state index contributed by atoms with van der Waals surface area (Å²) in [7, 11) is 0. The van der Waals surface area contributed by atoms with Crippen LogP contribution in [0.5, 0.6) is 0 Å². The van der Waals surface area contributed by atoms with Crippen LogP contribution in [0.2, 0.25) is 0 Å². The first kappa shape index (κ1) is 19.7. The molecule has 0 atom stereocenters. The third-order valence-corrected chi connectivity index (χ3v) is 5.08. The molecule has 0 unspecified atom stereocenters. The van der Waals surface area contributed by atoms with Gasteiger partial charge in [0.2, 0.25) is 5.95 Å². The summed E-state index contributed by atoms with van der Waals surface area (Å²) in [5.74, 6) is 1.30. The SMILES string of the molecule is N#Cc1ccc(Nc2ncc(-c3cccc(F)c3)c(NCC3CCNCC3)n2)cn1. The van der Waals surface area contributed by atoms with Gasteiger partial charge in [-0.2, -0.15) is 10.2 Å². The van der Waals surface area contributed by atoms with Crippen molar-refractivity contribution in [2.45, 2.75) is 12.8 Å². The molecule has 0 saturated carbocycles. The minimum absolute atomic E-state index is 0.303. The smallest absolute Gasteiger partial charge is 0.229 e. The molecule has 7 nitrogen and oxygen atoms in total. The fourth-order valence-corrected chi connectivity index (χ4v) is 3.43. The van der Waals surface area contributed by atoms with Crippen molar-refractivity contribution in [2.24, 2.45) is 5.92 Å². The van der Waals surface area contributed by atoms with E-state index in [1.54, 1.807) is 30.6 Å². The van der Waals surface area contributed by atoms with Gasteiger partial charge in [0.05, 0.1) is 11.9 Å². The second-order valence-electron chi connectivity index (χ2n) is 7.21. The molecule has 8 heteroatoms. The highest BCUT2D eigenvalue weighted by Gasteiger charge is 2.16. The van der Waals surface area contributed by atoms with Crippen molar-refractivity contribution < 1.29 is 4.39 Å². The average molecular weight is 403 g/mol. The third kappa shape index (κ3) is 4.88.